The van der Waals surface area contributed by atoms with Crippen molar-refractivity contribution in [1.82, 2.24) is 9.78 Å². The van der Waals surface area contributed by atoms with Gasteiger partial charge in [-0.15, -0.1) is 0 Å². The van der Waals surface area contributed by atoms with E-state index in [-0.39, 0.29) is 0 Å². The van der Waals surface area contributed by atoms with Crippen LogP contribution in [-0.4, -0.2) is 29.4 Å². The van der Waals surface area contributed by atoms with Crippen molar-refractivity contribution in [2.45, 2.75) is 12.5 Å². The third kappa shape index (κ3) is 2.66. The average molecular weight is 191 g/mol. The second kappa shape index (κ2) is 3.69. The first-order chi connectivity index (χ1) is 6.07. The Hall–Kier alpha value is -1.17. The fourth-order valence-corrected chi connectivity index (χ4v) is 0.838. The van der Waals surface area contributed by atoms with E-state index in [9.17, 15) is 8.78 Å². The summed E-state index contributed by atoms with van der Waals surface area (Å²) in [5.74, 6) is -2.47. The Balaban J connectivity index is 2.63. The number of nitrogens with zero attached hydrogens (tertiary/aromatic N) is 2. The first-order valence-electron chi connectivity index (χ1n) is 3.72. The van der Waals surface area contributed by atoms with Crippen LogP contribution in [0.4, 0.5) is 8.78 Å². The maximum absolute atomic E-state index is 12.7. The molecule has 0 aliphatic carbocycles. The van der Waals surface area contributed by atoms with Crippen molar-refractivity contribution in [2.75, 3.05) is 13.7 Å². The molecular formula is C7H11F2N3O. The van der Waals surface area contributed by atoms with Gasteiger partial charge >= 0.3 is 0 Å². The van der Waals surface area contributed by atoms with E-state index in [1.54, 1.807) is 0 Å². The van der Waals surface area contributed by atoms with Crippen LogP contribution in [0.3, 0.4) is 0 Å². The number of rotatable bonds is 4. The zero-order valence-corrected chi connectivity index (χ0v) is 7.20. The van der Waals surface area contributed by atoms with E-state index >= 15 is 0 Å². The Labute approximate surface area is 74.3 Å². The van der Waals surface area contributed by atoms with Crippen LogP contribution in [0.25, 0.3) is 0 Å². The van der Waals surface area contributed by atoms with Crippen LogP contribution >= 0.6 is 0 Å². The van der Waals surface area contributed by atoms with Gasteiger partial charge in [0.2, 0.25) is 0 Å². The molecule has 0 radical (unpaired) electrons. The van der Waals surface area contributed by atoms with Crippen molar-refractivity contribution in [1.29, 1.82) is 0 Å². The maximum atomic E-state index is 12.7. The summed E-state index contributed by atoms with van der Waals surface area (Å²) >= 11 is 0. The van der Waals surface area contributed by atoms with E-state index in [0.717, 1.165) is 4.68 Å². The molecule has 13 heavy (non-hydrogen) atoms. The molecule has 0 spiro atoms. The molecule has 0 amide bonds. The molecule has 0 atom stereocenters. The zero-order chi connectivity index (χ0) is 9.90. The maximum Gasteiger partial charge on any atom is 0.279 e. The van der Waals surface area contributed by atoms with Crippen molar-refractivity contribution in [2.24, 2.45) is 5.73 Å². The minimum Gasteiger partial charge on any atom is -0.493 e. The number of aromatic nitrogens is 2. The number of alkyl halides is 2. The molecule has 0 fully saturated rings. The predicted octanol–water partition coefficient (Wildman–Crippen LogP) is 0.486. The number of ether oxygens (including phenoxy) is 1. The van der Waals surface area contributed by atoms with Gasteiger partial charge in [0, 0.05) is 0 Å². The number of halogens is 2. The van der Waals surface area contributed by atoms with Crippen LogP contribution in [0.15, 0.2) is 12.4 Å². The quantitative estimate of drug-likeness (QED) is 0.753. The van der Waals surface area contributed by atoms with Crippen molar-refractivity contribution in [3.8, 4) is 5.75 Å². The summed E-state index contributed by atoms with van der Waals surface area (Å²) in [7, 11) is 1.45. The van der Waals surface area contributed by atoms with E-state index in [1.807, 2.05) is 0 Å². The molecule has 0 saturated carbocycles. The van der Waals surface area contributed by atoms with Gasteiger partial charge in [0.15, 0.2) is 5.75 Å². The molecule has 2 N–H and O–H groups in total. The van der Waals surface area contributed by atoms with Crippen molar-refractivity contribution in [3.05, 3.63) is 12.4 Å². The van der Waals surface area contributed by atoms with E-state index in [2.05, 4.69) is 5.10 Å². The van der Waals surface area contributed by atoms with Gasteiger partial charge in [0.1, 0.15) is 6.54 Å². The summed E-state index contributed by atoms with van der Waals surface area (Å²) in [5.41, 5.74) is 4.87. The van der Waals surface area contributed by atoms with Gasteiger partial charge in [-0.05, 0) is 0 Å². The van der Waals surface area contributed by atoms with E-state index in [0.29, 0.717) is 5.75 Å². The molecular weight excluding hydrogens is 180 g/mol. The van der Waals surface area contributed by atoms with Crippen molar-refractivity contribution >= 4 is 0 Å². The Morgan fingerprint density at radius 2 is 2.38 bits per heavy atom. The van der Waals surface area contributed by atoms with Crippen LogP contribution in [0.2, 0.25) is 0 Å². The predicted molar refractivity (Wildman–Crippen MR) is 42.8 cm³/mol. The first kappa shape index (κ1) is 9.91. The fourth-order valence-electron chi connectivity index (χ4n) is 0.838. The molecule has 0 aliphatic rings. The lowest BCUT2D eigenvalue weighted by Gasteiger charge is -2.12. The molecule has 0 aromatic carbocycles. The molecule has 0 bridgehead atoms. The molecule has 6 heteroatoms. The highest BCUT2D eigenvalue weighted by molar-refractivity contribution is 5.11. The molecule has 1 heterocycles. The summed E-state index contributed by atoms with van der Waals surface area (Å²) in [6, 6.07) is 0. The van der Waals surface area contributed by atoms with Crippen LogP contribution in [0.5, 0.6) is 5.75 Å². The summed E-state index contributed by atoms with van der Waals surface area (Å²) < 4.78 is 31.3. The fraction of sp³-hybridized carbons (Fsp3) is 0.571. The van der Waals surface area contributed by atoms with Gasteiger partial charge in [-0.2, -0.15) is 5.10 Å². The Bertz CT molecular complexity index is 274. The third-order valence-corrected chi connectivity index (χ3v) is 1.54. The number of hydrogen-bond donors (Lipinski definition) is 1. The topological polar surface area (TPSA) is 53.1 Å². The van der Waals surface area contributed by atoms with E-state index in [4.69, 9.17) is 10.5 Å². The molecule has 1 rings (SSSR count). The molecule has 74 valence electrons. The lowest BCUT2D eigenvalue weighted by molar-refractivity contribution is -0.00982. The Kier molecular flexibility index (Phi) is 2.82. The summed E-state index contributed by atoms with van der Waals surface area (Å²) in [5, 5.41) is 3.68. The highest BCUT2D eigenvalue weighted by Crippen LogP contribution is 2.15. The third-order valence-electron chi connectivity index (χ3n) is 1.54. The minimum atomic E-state index is -2.92. The molecule has 1 aromatic rings. The van der Waals surface area contributed by atoms with Gasteiger partial charge in [0.25, 0.3) is 5.92 Å². The minimum absolute atomic E-state index is 0.452. The van der Waals surface area contributed by atoms with E-state index < -0.39 is 19.0 Å². The average Bonchev–Trinajstić information content (AvgIpc) is 2.52. The smallest absolute Gasteiger partial charge is 0.279 e. The number of hydrogen-bond acceptors (Lipinski definition) is 3. The highest BCUT2D eigenvalue weighted by atomic mass is 19.3. The molecule has 4 nitrogen and oxygen atoms in total. The molecule has 1 aromatic heterocycles. The van der Waals surface area contributed by atoms with Crippen LogP contribution in [0, 0.1) is 0 Å². The van der Waals surface area contributed by atoms with Crippen molar-refractivity contribution in [3.63, 3.8) is 0 Å². The van der Waals surface area contributed by atoms with Crippen LogP contribution < -0.4 is 10.5 Å². The van der Waals surface area contributed by atoms with Gasteiger partial charge < -0.3 is 10.5 Å². The monoisotopic (exact) mass is 191 g/mol. The van der Waals surface area contributed by atoms with Gasteiger partial charge in [0.05, 0.1) is 26.0 Å². The van der Waals surface area contributed by atoms with E-state index in [1.165, 1.54) is 19.5 Å². The van der Waals surface area contributed by atoms with Crippen molar-refractivity contribution < 1.29 is 13.5 Å². The zero-order valence-electron chi connectivity index (χ0n) is 7.20. The second-order valence-corrected chi connectivity index (χ2v) is 2.64. The number of nitrogens with two attached hydrogens (primary N) is 1. The van der Waals surface area contributed by atoms with Gasteiger partial charge in [-0.25, -0.2) is 8.78 Å². The standard InChI is InChI=1S/C7H11F2N3O/c1-13-6-2-11-12(3-6)5-7(8,9)4-10/h2-3H,4-5,10H2,1H3. The number of methoxy groups -OCH3 is 1. The van der Waals surface area contributed by atoms with Gasteiger partial charge in [-0.1, -0.05) is 0 Å². The first-order valence-corrected chi connectivity index (χ1v) is 3.72. The largest absolute Gasteiger partial charge is 0.493 e. The lowest BCUT2D eigenvalue weighted by Crippen LogP contribution is -2.32. The van der Waals surface area contributed by atoms with Crippen LogP contribution in [0.1, 0.15) is 0 Å². The second-order valence-electron chi connectivity index (χ2n) is 2.64. The SMILES string of the molecule is COc1cnn(CC(F)(F)CN)c1. The normalized spacial score (nSPS) is 11.7. The summed E-state index contributed by atoms with van der Waals surface area (Å²) in [4.78, 5) is 0. The molecule has 0 saturated heterocycles. The van der Waals surface area contributed by atoms with Gasteiger partial charge in [-0.3, -0.25) is 4.68 Å². The lowest BCUT2D eigenvalue weighted by atomic mass is 10.3. The molecule has 0 unspecified atom stereocenters. The highest BCUT2D eigenvalue weighted by Gasteiger charge is 2.27. The summed E-state index contributed by atoms with van der Waals surface area (Å²) in [6.07, 6.45) is 2.76. The molecule has 0 aliphatic heterocycles. The Morgan fingerprint density at radius 1 is 1.69 bits per heavy atom. The summed E-state index contributed by atoms with van der Waals surface area (Å²) in [6.45, 7) is -1.21. The Morgan fingerprint density at radius 3 is 2.85 bits per heavy atom. The van der Waals surface area contributed by atoms with Crippen LogP contribution in [-0.2, 0) is 6.54 Å².